The molecule has 1 fully saturated rings. The molecule has 1 unspecified atom stereocenters. The molecule has 18 heavy (non-hydrogen) atoms. The third-order valence-electron chi connectivity index (χ3n) is 2.99. The number of ether oxygens (including phenoxy) is 1. The van der Waals surface area contributed by atoms with E-state index >= 15 is 0 Å². The van der Waals surface area contributed by atoms with Crippen molar-refractivity contribution in [3.05, 3.63) is 29.8 Å². The van der Waals surface area contributed by atoms with Gasteiger partial charge in [-0.25, -0.2) is 8.42 Å². The zero-order chi connectivity index (χ0) is 13.2. The number of para-hydroxylation sites is 1. The van der Waals surface area contributed by atoms with Gasteiger partial charge in [0.2, 0.25) is 10.0 Å². The monoisotopic (exact) mass is 270 g/mol. The smallest absolute Gasteiger partial charge is 0.218 e. The molecule has 1 aliphatic heterocycles. The molecule has 6 heteroatoms. The third-order valence-corrected chi connectivity index (χ3v) is 4.78. The Morgan fingerprint density at radius 1 is 1.44 bits per heavy atom. The molecule has 1 saturated heterocycles. The molecule has 2 rings (SSSR count). The van der Waals surface area contributed by atoms with E-state index in [4.69, 9.17) is 10.5 Å². The first-order valence-electron chi connectivity index (χ1n) is 5.92. The topological polar surface area (TPSA) is 72.6 Å². The molecular weight excluding hydrogens is 252 g/mol. The maximum absolute atomic E-state index is 12.3. The minimum Gasteiger partial charge on any atom is -0.398 e. The number of nitrogen functional groups attached to an aromatic ring is 1. The summed E-state index contributed by atoms with van der Waals surface area (Å²) in [7, 11) is -3.32. The summed E-state index contributed by atoms with van der Waals surface area (Å²) in [5, 5.41) is 0. The summed E-state index contributed by atoms with van der Waals surface area (Å²) in [6.45, 7) is 3.15. The maximum atomic E-state index is 12.3. The van der Waals surface area contributed by atoms with E-state index in [0.29, 0.717) is 30.9 Å². The second-order valence-corrected chi connectivity index (χ2v) is 6.46. The van der Waals surface area contributed by atoms with Crippen molar-refractivity contribution in [1.82, 2.24) is 4.31 Å². The summed E-state index contributed by atoms with van der Waals surface area (Å²) in [6, 6.07) is 7.05. The Hall–Kier alpha value is -1.11. The molecule has 0 amide bonds. The van der Waals surface area contributed by atoms with Crippen LogP contribution in [-0.2, 0) is 20.5 Å². The predicted octanol–water partition coefficient (Wildman–Crippen LogP) is 0.819. The number of hydrogen-bond acceptors (Lipinski definition) is 4. The molecule has 100 valence electrons. The molecule has 0 radical (unpaired) electrons. The third kappa shape index (κ3) is 3.01. The fourth-order valence-electron chi connectivity index (χ4n) is 1.99. The van der Waals surface area contributed by atoms with Crippen LogP contribution in [0.4, 0.5) is 5.69 Å². The number of nitrogens with zero attached hydrogens (tertiary/aromatic N) is 1. The lowest BCUT2D eigenvalue weighted by atomic mass is 10.2. The standard InChI is InChI=1S/C12H18N2O3S/c1-10-8-14(6-7-17-10)18(15,16)9-11-4-2-3-5-12(11)13/h2-5,10H,6-9,13H2,1H3. The Balaban J connectivity index is 2.14. The number of nitrogens with two attached hydrogens (primary N) is 1. The van der Waals surface area contributed by atoms with Crippen molar-refractivity contribution in [2.24, 2.45) is 0 Å². The molecule has 0 aliphatic carbocycles. The Labute approximate surface area is 108 Å². The molecule has 0 bridgehead atoms. The van der Waals surface area contributed by atoms with Gasteiger partial charge in [0, 0.05) is 18.8 Å². The minimum atomic E-state index is -3.32. The Bertz CT molecular complexity index is 516. The van der Waals surface area contributed by atoms with Gasteiger partial charge in [0.15, 0.2) is 0 Å². The Morgan fingerprint density at radius 3 is 2.83 bits per heavy atom. The van der Waals surface area contributed by atoms with Crippen LogP contribution in [-0.4, -0.2) is 38.5 Å². The van der Waals surface area contributed by atoms with Crippen LogP contribution in [0.25, 0.3) is 0 Å². The summed E-state index contributed by atoms with van der Waals surface area (Å²) < 4.78 is 31.4. The quantitative estimate of drug-likeness (QED) is 0.825. The van der Waals surface area contributed by atoms with Gasteiger partial charge < -0.3 is 10.5 Å². The lowest BCUT2D eigenvalue weighted by Crippen LogP contribution is -2.44. The number of sulfonamides is 1. The molecule has 0 aromatic heterocycles. The van der Waals surface area contributed by atoms with E-state index in [1.807, 2.05) is 6.92 Å². The highest BCUT2D eigenvalue weighted by Gasteiger charge is 2.27. The van der Waals surface area contributed by atoms with Gasteiger partial charge in [0.25, 0.3) is 0 Å². The molecule has 1 aromatic rings. The van der Waals surface area contributed by atoms with Crippen molar-refractivity contribution in [2.75, 3.05) is 25.4 Å². The van der Waals surface area contributed by atoms with E-state index in [1.165, 1.54) is 4.31 Å². The van der Waals surface area contributed by atoms with Gasteiger partial charge in [-0.05, 0) is 18.6 Å². The van der Waals surface area contributed by atoms with Crippen molar-refractivity contribution < 1.29 is 13.2 Å². The first-order chi connectivity index (χ1) is 8.49. The highest BCUT2D eigenvalue weighted by Crippen LogP contribution is 2.18. The average molecular weight is 270 g/mol. The van der Waals surface area contributed by atoms with Crippen molar-refractivity contribution in [3.8, 4) is 0 Å². The predicted molar refractivity (Wildman–Crippen MR) is 70.5 cm³/mol. The van der Waals surface area contributed by atoms with Crippen LogP contribution in [0.1, 0.15) is 12.5 Å². The van der Waals surface area contributed by atoms with E-state index in [2.05, 4.69) is 0 Å². The van der Waals surface area contributed by atoms with Crippen molar-refractivity contribution >= 4 is 15.7 Å². The van der Waals surface area contributed by atoms with E-state index in [0.717, 1.165) is 0 Å². The second-order valence-electron chi connectivity index (χ2n) is 4.49. The van der Waals surface area contributed by atoms with Gasteiger partial charge >= 0.3 is 0 Å². The van der Waals surface area contributed by atoms with Gasteiger partial charge in [0.1, 0.15) is 0 Å². The maximum Gasteiger partial charge on any atom is 0.218 e. The summed E-state index contributed by atoms with van der Waals surface area (Å²) in [6.07, 6.45) is -0.0540. The average Bonchev–Trinajstić information content (AvgIpc) is 2.32. The molecular formula is C12H18N2O3S. The second kappa shape index (κ2) is 5.26. The zero-order valence-electron chi connectivity index (χ0n) is 10.4. The normalized spacial score (nSPS) is 21.9. The van der Waals surface area contributed by atoms with Crippen LogP contribution in [0.15, 0.2) is 24.3 Å². The first kappa shape index (κ1) is 13.3. The van der Waals surface area contributed by atoms with Crippen molar-refractivity contribution in [3.63, 3.8) is 0 Å². The Morgan fingerprint density at radius 2 is 2.17 bits per heavy atom. The summed E-state index contributed by atoms with van der Waals surface area (Å²) in [5.41, 5.74) is 6.94. The molecule has 1 aliphatic rings. The number of rotatable bonds is 3. The first-order valence-corrected chi connectivity index (χ1v) is 7.53. The number of benzene rings is 1. The Kier molecular flexibility index (Phi) is 3.89. The van der Waals surface area contributed by atoms with Crippen LogP contribution in [0.2, 0.25) is 0 Å². The molecule has 1 atom stereocenters. The van der Waals surface area contributed by atoms with Gasteiger partial charge in [-0.2, -0.15) is 4.31 Å². The summed E-state index contributed by atoms with van der Waals surface area (Å²) in [5.74, 6) is -0.0492. The molecule has 1 heterocycles. The van der Waals surface area contributed by atoms with E-state index in [-0.39, 0.29) is 11.9 Å². The molecule has 0 spiro atoms. The SMILES string of the molecule is CC1CN(S(=O)(=O)Cc2ccccc2N)CCO1. The van der Waals surface area contributed by atoms with Crippen molar-refractivity contribution in [1.29, 1.82) is 0 Å². The fourth-order valence-corrected chi connectivity index (χ4v) is 3.62. The van der Waals surface area contributed by atoms with Crippen LogP contribution in [0.3, 0.4) is 0 Å². The molecule has 5 nitrogen and oxygen atoms in total. The number of hydrogen-bond donors (Lipinski definition) is 1. The van der Waals surface area contributed by atoms with Gasteiger partial charge in [-0.1, -0.05) is 18.2 Å². The van der Waals surface area contributed by atoms with Gasteiger partial charge in [0.05, 0.1) is 18.5 Å². The largest absolute Gasteiger partial charge is 0.398 e. The molecule has 0 saturated carbocycles. The fraction of sp³-hybridized carbons (Fsp3) is 0.500. The zero-order valence-corrected chi connectivity index (χ0v) is 11.2. The summed E-state index contributed by atoms with van der Waals surface area (Å²) >= 11 is 0. The van der Waals surface area contributed by atoms with Crippen LogP contribution in [0.5, 0.6) is 0 Å². The summed E-state index contributed by atoms with van der Waals surface area (Å²) in [4.78, 5) is 0. The van der Waals surface area contributed by atoms with Gasteiger partial charge in [-0.15, -0.1) is 0 Å². The van der Waals surface area contributed by atoms with E-state index < -0.39 is 10.0 Å². The number of anilines is 1. The minimum absolute atomic E-state index is 0.0492. The van der Waals surface area contributed by atoms with Crippen molar-refractivity contribution in [2.45, 2.75) is 18.8 Å². The van der Waals surface area contributed by atoms with Gasteiger partial charge in [-0.3, -0.25) is 0 Å². The molecule has 2 N–H and O–H groups in total. The highest BCUT2D eigenvalue weighted by atomic mass is 32.2. The highest BCUT2D eigenvalue weighted by molar-refractivity contribution is 7.88. The van der Waals surface area contributed by atoms with E-state index in [1.54, 1.807) is 24.3 Å². The van der Waals surface area contributed by atoms with Crippen LogP contribution in [0, 0.1) is 0 Å². The number of morpholine rings is 1. The van der Waals surface area contributed by atoms with Crippen LogP contribution >= 0.6 is 0 Å². The van der Waals surface area contributed by atoms with E-state index in [9.17, 15) is 8.42 Å². The lowest BCUT2D eigenvalue weighted by Gasteiger charge is -2.30. The van der Waals surface area contributed by atoms with Crippen LogP contribution < -0.4 is 5.73 Å². The molecule has 1 aromatic carbocycles. The lowest BCUT2D eigenvalue weighted by molar-refractivity contribution is 0.0101.